The molecule has 1 atom stereocenters. The minimum absolute atomic E-state index is 0.324. The Labute approximate surface area is 121 Å². The van der Waals surface area contributed by atoms with Crippen molar-refractivity contribution in [2.45, 2.75) is 5.38 Å². The van der Waals surface area contributed by atoms with Crippen LogP contribution in [0.4, 0.5) is 0 Å². The van der Waals surface area contributed by atoms with Crippen LogP contribution in [0.2, 0.25) is 0 Å². The van der Waals surface area contributed by atoms with E-state index in [1.165, 1.54) is 0 Å². The molecule has 0 aliphatic rings. The number of alkyl halides is 1. The van der Waals surface area contributed by atoms with E-state index in [-0.39, 0.29) is 5.38 Å². The summed E-state index contributed by atoms with van der Waals surface area (Å²) in [6.45, 7) is 0. The first kappa shape index (κ1) is 13.0. The largest absolute Gasteiger partial charge is 0.496 e. The van der Waals surface area contributed by atoms with Gasteiger partial charge in [0, 0.05) is 15.6 Å². The zero-order valence-electron chi connectivity index (χ0n) is 8.91. The Hall–Kier alpha value is -0.450. The summed E-state index contributed by atoms with van der Waals surface area (Å²) in [7, 11) is 1.63. The lowest BCUT2D eigenvalue weighted by Crippen LogP contribution is -1.97. The van der Waals surface area contributed by atoms with Crippen molar-refractivity contribution in [2.24, 2.45) is 0 Å². The fourth-order valence-corrected chi connectivity index (χ4v) is 2.88. The van der Waals surface area contributed by atoms with Crippen LogP contribution in [-0.2, 0) is 0 Å². The molecule has 0 spiro atoms. The van der Waals surface area contributed by atoms with E-state index in [0.717, 1.165) is 21.3 Å². The number of rotatable bonds is 3. The van der Waals surface area contributed by atoms with E-state index >= 15 is 0 Å². The number of hydrogen-bond donors (Lipinski definition) is 0. The summed E-state index contributed by atoms with van der Waals surface area (Å²) >= 11 is 13.2. The molecule has 0 fully saturated rings. The van der Waals surface area contributed by atoms with Crippen molar-refractivity contribution in [1.29, 1.82) is 0 Å². The van der Waals surface area contributed by atoms with E-state index in [9.17, 15) is 0 Å². The second-order valence-electron chi connectivity index (χ2n) is 3.40. The molecule has 0 amide bonds. The molecule has 0 saturated carbocycles. The van der Waals surface area contributed by atoms with Crippen molar-refractivity contribution in [3.8, 4) is 5.75 Å². The van der Waals surface area contributed by atoms with Crippen LogP contribution in [0.15, 0.2) is 44.1 Å². The Morgan fingerprint density at radius 3 is 2.59 bits per heavy atom. The maximum absolute atomic E-state index is 6.44. The van der Waals surface area contributed by atoms with Gasteiger partial charge in [-0.05, 0) is 40.2 Å². The Balaban J connectivity index is 2.46. The molecule has 1 aromatic heterocycles. The second-order valence-corrected chi connectivity index (χ2v) is 5.47. The van der Waals surface area contributed by atoms with Gasteiger partial charge in [0.2, 0.25) is 0 Å². The number of furan rings is 1. The first-order valence-corrected chi connectivity index (χ1v) is 6.86. The standard InChI is InChI=1S/C12H9Br2ClO2/c1-16-10-3-2-7(13)6-9(10)11(15)8-4-5-17-12(8)14/h2-6,11H,1H3. The number of methoxy groups -OCH3 is 1. The summed E-state index contributed by atoms with van der Waals surface area (Å²) < 4.78 is 12.1. The van der Waals surface area contributed by atoms with Gasteiger partial charge in [-0.3, -0.25) is 0 Å². The van der Waals surface area contributed by atoms with Crippen molar-refractivity contribution in [3.05, 3.63) is 50.8 Å². The van der Waals surface area contributed by atoms with E-state index in [1.807, 2.05) is 24.3 Å². The highest BCUT2D eigenvalue weighted by Crippen LogP contribution is 2.39. The number of halogens is 3. The number of benzene rings is 1. The van der Waals surface area contributed by atoms with Crippen LogP contribution < -0.4 is 4.74 Å². The molecule has 1 unspecified atom stereocenters. The summed E-state index contributed by atoms with van der Waals surface area (Å²) in [6.07, 6.45) is 1.60. The number of hydrogen-bond acceptors (Lipinski definition) is 2. The Kier molecular flexibility index (Phi) is 4.17. The molecule has 1 aromatic carbocycles. The molecule has 0 saturated heterocycles. The minimum Gasteiger partial charge on any atom is -0.496 e. The SMILES string of the molecule is COc1ccc(Br)cc1C(Cl)c1ccoc1Br. The van der Waals surface area contributed by atoms with Gasteiger partial charge in [-0.1, -0.05) is 15.9 Å². The average molecular weight is 380 g/mol. The van der Waals surface area contributed by atoms with Gasteiger partial charge in [0.05, 0.1) is 18.8 Å². The minimum atomic E-state index is -0.324. The molecule has 2 nitrogen and oxygen atoms in total. The monoisotopic (exact) mass is 378 g/mol. The number of ether oxygens (including phenoxy) is 1. The molecule has 0 bridgehead atoms. The average Bonchev–Trinajstić information content (AvgIpc) is 2.74. The van der Waals surface area contributed by atoms with Gasteiger partial charge in [-0.25, -0.2) is 0 Å². The molecule has 0 aliphatic heterocycles. The summed E-state index contributed by atoms with van der Waals surface area (Å²) in [6, 6.07) is 7.57. The lowest BCUT2D eigenvalue weighted by atomic mass is 10.1. The van der Waals surface area contributed by atoms with Crippen LogP contribution in [0.1, 0.15) is 16.5 Å². The highest BCUT2D eigenvalue weighted by Gasteiger charge is 2.20. The summed E-state index contributed by atoms with van der Waals surface area (Å²) in [5.41, 5.74) is 1.77. The van der Waals surface area contributed by atoms with Crippen LogP contribution >= 0.6 is 43.5 Å². The predicted molar refractivity (Wildman–Crippen MR) is 74.8 cm³/mol. The lowest BCUT2D eigenvalue weighted by Gasteiger charge is -2.13. The molecular weight excluding hydrogens is 371 g/mol. The van der Waals surface area contributed by atoms with Gasteiger partial charge >= 0.3 is 0 Å². The van der Waals surface area contributed by atoms with Crippen LogP contribution in [0.3, 0.4) is 0 Å². The van der Waals surface area contributed by atoms with Crippen molar-refractivity contribution >= 4 is 43.5 Å². The Bertz CT molecular complexity index is 525. The summed E-state index contributed by atoms with van der Waals surface area (Å²) in [5.74, 6) is 0.751. The van der Waals surface area contributed by atoms with Crippen LogP contribution in [0, 0.1) is 0 Å². The molecular formula is C12H9Br2ClO2. The van der Waals surface area contributed by atoms with E-state index in [0.29, 0.717) is 4.67 Å². The molecule has 1 heterocycles. The van der Waals surface area contributed by atoms with Gasteiger partial charge in [-0.2, -0.15) is 0 Å². The lowest BCUT2D eigenvalue weighted by molar-refractivity contribution is 0.410. The molecule has 0 radical (unpaired) electrons. The molecule has 2 rings (SSSR count). The Morgan fingerprint density at radius 2 is 2.00 bits per heavy atom. The van der Waals surface area contributed by atoms with Crippen LogP contribution in [0.5, 0.6) is 5.75 Å². The second kappa shape index (κ2) is 5.46. The van der Waals surface area contributed by atoms with E-state index in [1.54, 1.807) is 13.4 Å². The van der Waals surface area contributed by atoms with Crippen molar-refractivity contribution in [2.75, 3.05) is 7.11 Å². The molecule has 2 aromatic rings. The molecule has 0 N–H and O–H groups in total. The fourth-order valence-electron chi connectivity index (χ4n) is 1.56. The smallest absolute Gasteiger partial charge is 0.173 e. The first-order chi connectivity index (χ1) is 8.13. The zero-order valence-corrected chi connectivity index (χ0v) is 12.8. The van der Waals surface area contributed by atoms with Crippen molar-refractivity contribution < 1.29 is 9.15 Å². The Morgan fingerprint density at radius 1 is 1.24 bits per heavy atom. The van der Waals surface area contributed by atoms with E-state index in [4.69, 9.17) is 20.8 Å². The molecule has 90 valence electrons. The maximum atomic E-state index is 6.44. The summed E-state index contributed by atoms with van der Waals surface area (Å²) in [4.78, 5) is 0. The highest BCUT2D eigenvalue weighted by molar-refractivity contribution is 9.10. The van der Waals surface area contributed by atoms with Crippen LogP contribution in [-0.4, -0.2) is 7.11 Å². The zero-order chi connectivity index (χ0) is 12.4. The normalized spacial score (nSPS) is 12.5. The van der Waals surface area contributed by atoms with Gasteiger partial charge in [0.25, 0.3) is 0 Å². The predicted octanol–water partition coefficient (Wildman–Crippen LogP) is 5.14. The van der Waals surface area contributed by atoms with Gasteiger partial charge in [0.15, 0.2) is 4.67 Å². The van der Waals surface area contributed by atoms with Gasteiger partial charge in [0.1, 0.15) is 5.75 Å². The maximum Gasteiger partial charge on any atom is 0.173 e. The topological polar surface area (TPSA) is 22.4 Å². The third-order valence-electron chi connectivity index (χ3n) is 2.38. The third-order valence-corrected chi connectivity index (χ3v) is 3.99. The van der Waals surface area contributed by atoms with Crippen LogP contribution in [0.25, 0.3) is 0 Å². The third kappa shape index (κ3) is 2.69. The van der Waals surface area contributed by atoms with Crippen molar-refractivity contribution in [1.82, 2.24) is 0 Å². The molecule has 5 heteroatoms. The van der Waals surface area contributed by atoms with E-state index < -0.39 is 0 Å². The van der Waals surface area contributed by atoms with Gasteiger partial charge in [-0.15, -0.1) is 11.6 Å². The molecule has 0 aliphatic carbocycles. The fraction of sp³-hybridized carbons (Fsp3) is 0.167. The van der Waals surface area contributed by atoms with Gasteiger partial charge < -0.3 is 9.15 Å². The quantitative estimate of drug-likeness (QED) is 0.688. The van der Waals surface area contributed by atoms with E-state index in [2.05, 4.69) is 31.9 Å². The first-order valence-electron chi connectivity index (χ1n) is 4.84. The van der Waals surface area contributed by atoms with Crippen molar-refractivity contribution in [3.63, 3.8) is 0 Å². The summed E-state index contributed by atoms with van der Waals surface area (Å²) in [5, 5.41) is -0.324. The highest BCUT2D eigenvalue weighted by atomic mass is 79.9. The molecule has 17 heavy (non-hydrogen) atoms.